The van der Waals surface area contributed by atoms with Crippen molar-refractivity contribution < 1.29 is 18.7 Å². The molecule has 0 spiro atoms. The van der Waals surface area contributed by atoms with E-state index in [0.717, 1.165) is 5.56 Å². The number of ether oxygens (including phenoxy) is 2. The lowest BCUT2D eigenvalue weighted by Crippen LogP contribution is -2.20. The SMILES string of the molecule is COc1ccc(-c2nn3cnnc3s2)cc1NC(=O)COc1ccccc1F. The third-order valence-corrected chi connectivity index (χ3v) is 4.76. The first-order valence-corrected chi connectivity index (χ1v) is 8.98. The fourth-order valence-corrected chi connectivity index (χ4v) is 3.32. The lowest BCUT2D eigenvalue weighted by Gasteiger charge is -2.12. The van der Waals surface area contributed by atoms with Gasteiger partial charge in [-0.2, -0.15) is 9.61 Å². The van der Waals surface area contributed by atoms with Crippen molar-refractivity contribution in [2.45, 2.75) is 0 Å². The maximum absolute atomic E-state index is 13.6. The van der Waals surface area contributed by atoms with Gasteiger partial charge in [0.1, 0.15) is 17.1 Å². The molecule has 0 saturated heterocycles. The Kier molecular flexibility index (Phi) is 4.85. The van der Waals surface area contributed by atoms with Crippen molar-refractivity contribution in [3.05, 3.63) is 54.6 Å². The number of hydrogen-bond acceptors (Lipinski definition) is 7. The van der Waals surface area contributed by atoms with Gasteiger partial charge in [-0.05, 0) is 30.3 Å². The first-order valence-electron chi connectivity index (χ1n) is 8.16. The van der Waals surface area contributed by atoms with E-state index in [4.69, 9.17) is 9.47 Å². The van der Waals surface area contributed by atoms with Gasteiger partial charge in [-0.15, -0.1) is 10.2 Å². The molecule has 142 valence electrons. The highest BCUT2D eigenvalue weighted by molar-refractivity contribution is 7.19. The molecule has 0 atom stereocenters. The summed E-state index contributed by atoms with van der Waals surface area (Å²) in [4.78, 5) is 12.9. The van der Waals surface area contributed by atoms with Gasteiger partial charge in [0.25, 0.3) is 5.91 Å². The topological polar surface area (TPSA) is 90.6 Å². The monoisotopic (exact) mass is 399 g/mol. The Morgan fingerprint density at radius 1 is 1.25 bits per heavy atom. The molecule has 0 radical (unpaired) electrons. The predicted molar refractivity (Wildman–Crippen MR) is 101 cm³/mol. The molecule has 2 heterocycles. The van der Waals surface area contributed by atoms with Crippen LogP contribution >= 0.6 is 11.3 Å². The van der Waals surface area contributed by atoms with Crippen molar-refractivity contribution in [2.24, 2.45) is 0 Å². The van der Waals surface area contributed by atoms with Crippen LogP contribution in [-0.2, 0) is 4.79 Å². The van der Waals surface area contributed by atoms with Gasteiger partial charge in [-0.3, -0.25) is 4.79 Å². The van der Waals surface area contributed by atoms with Gasteiger partial charge in [0.15, 0.2) is 18.2 Å². The quantitative estimate of drug-likeness (QED) is 0.536. The van der Waals surface area contributed by atoms with Crippen molar-refractivity contribution in [1.82, 2.24) is 19.8 Å². The molecule has 28 heavy (non-hydrogen) atoms. The van der Waals surface area contributed by atoms with Gasteiger partial charge in [-0.25, -0.2) is 4.39 Å². The zero-order valence-corrected chi connectivity index (χ0v) is 15.4. The second kappa shape index (κ2) is 7.61. The number of aromatic nitrogens is 4. The molecule has 10 heteroatoms. The van der Waals surface area contributed by atoms with E-state index in [1.54, 1.807) is 28.8 Å². The van der Waals surface area contributed by atoms with Crippen molar-refractivity contribution in [2.75, 3.05) is 19.0 Å². The van der Waals surface area contributed by atoms with E-state index in [2.05, 4.69) is 20.6 Å². The molecular weight excluding hydrogens is 385 g/mol. The average Bonchev–Trinajstić information content (AvgIpc) is 3.29. The number of benzene rings is 2. The molecular formula is C18H14FN5O3S. The van der Waals surface area contributed by atoms with E-state index in [0.29, 0.717) is 21.4 Å². The van der Waals surface area contributed by atoms with Gasteiger partial charge in [-0.1, -0.05) is 23.5 Å². The Hall–Kier alpha value is -3.53. The number of methoxy groups -OCH3 is 1. The summed E-state index contributed by atoms with van der Waals surface area (Å²) in [6, 6.07) is 11.2. The predicted octanol–water partition coefficient (Wildman–Crippen LogP) is 3.02. The fourth-order valence-electron chi connectivity index (χ4n) is 2.51. The summed E-state index contributed by atoms with van der Waals surface area (Å²) in [6.45, 7) is -0.342. The Morgan fingerprint density at radius 3 is 2.89 bits per heavy atom. The van der Waals surface area contributed by atoms with Gasteiger partial charge >= 0.3 is 0 Å². The highest BCUT2D eigenvalue weighted by atomic mass is 32.1. The standard InChI is InChI=1S/C18H14FN5O3S/c1-26-15-7-6-11(17-23-24-10-20-22-18(24)28-17)8-13(15)21-16(25)9-27-14-5-3-2-4-12(14)19/h2-8,10H,9H2,1H3,(H,21,25). The minimum atomic E-state index is -0.529. The molecule has 0 aliphatic rings. The summed E-state index contributed by atoms with van der Waals surface area (Å²) in [6.07, 6.45) is 1.52. The van der Waals surface area contributed by atoms with E-state index < -0.39 is 11.7 Å². The Labute approximate surface area is 162 Å². The van der Waals surface area contributed by atoms with E-state index in [1.165, 1.54) is 36.9 Å². The van der Waals surface area contributed by atoms with Crippen LogP contribution in [0.25, 0.3) is 15.5 Å². The van der Waals surface area contributed by atoms with Crippen LogP contribution in [0.15, 0.2) is 48.8 Å². The van der Waals surface area contributed by atoms with Crippen molar-refractivity contribution in [3.63, 3.8) is 0 Å². The number of amides is 1. The summed E-state index contributed by atoms with van der Waals surface area (Å²) >= 11 is 1.37. The zero-order valence-electron chi connectivity index (χ0n) is 14.6. The third kappa shape index (κ3) is 3.62. The molecule has 0 fully saturated rings. The molecule has 0 saturated carbocycles. The molecule has 0 bridgehead atoms. The number of fused-ring (bicyclic) bond motifs is 1. The Bertz CT molecular complexity index is 1110. The van der Waals surface area contributed by atoms with E-state index >= 15 is 0 Å². The van der Waals surface area contributed by atoms with Crippen molar-refractivity contribution in [3.8, 4) is 22.1 Å². The maximum atomic E-state index is 13.6. The average molecular weight is 399 g/mol. The van der Waals surface area contributed by atoms with Gasteiger partial charge < -0.3 is 14.8 Å². The fraction of sp³-hybridized carbons (Fsp3) is 0.111. The minimum Gasteiger partial charge on any atom is -0.495 e. The van der Waals surface area contributed by atoms with Crippen molar-refractivity contribution in [1.29, 1.82) is 0 Å². The van der Waals surface area contributed by atoms with Crippen LogP contribution in [0.1, 0.15) is 0 Å². The van der Waals surface area contributed by atoms with Crippen LogP contribution in [0.4, 0.5) is 10.1 Å². The Morgan fingerprint density at radius 2 is 2.11 bits per heavy atom. The summed E-state index contributed by atoms with van der Waals surface area (Å²) in [7, 11) is 1.50. The normalized spacial score (nSPS) is 10.8. The summed E-state index contributed by atoms with van der Waals surface area (Å²) in [5.74, 6) is -0.487. The molecule has 0 aliphatic heterocycles. The first kappa shape index (κ1) is 17.9. The van der Waals surface area contributed by atoms with E-state index in [9.17, 15) is 9.18 Å². The number of hydrogen-bond donors (Lipinski definition) is 1. The number of nitrogens with zero attached hydrogens (tertiary/aromatic N) is 4. The lowest BCUT2D eigenvalue weighted by atomic mass is 10.2. The highest BCUT2D eigenvalue weighted by Gasteiger charge is 2.14. The second-order valence-corrected chi connectivity index (χ2v) is 6.60. The van der Waals surface area contributed by atoms with Crippen LogP contribution in [0.2, 0.25) is 0 Å². The first-order chi connectivity index (χ1) is 13.6. The van der Waals surface area contributed by atoms with Crippen molar-refractivity contribution >= 4 is 27.9 Å². The molecule has 4 rings (SSSR count). The number of anilines is 1. The summed E-state index contributed by atoms with van der Waals surface area (Å²) in [5.41, 5.74) is 1.23. The largest absolute Gasteiger partial charge is 0.495 e. The van der Waals surface area contributed by atoms with Crippen LogP contribution in [0, 0.1) is 5.82 Å². The van der Waals surface area contributed by atoms with Crippen LogP contribution < -0.4 is 14.8 Å². The Balaban J connectivity index is 1.52. The van der Waals surface area contributed by atoms with Gasteiger partial charge in [0.2, 0.25) is 4.96 Å². The third-order valence-electron chi connectivity index (χ3n) is 3.80. The molecule has 1 N–H and O–H groups in total. The molecule has 4 aromatic rings. The van der Waals surface area contributed by atoms with E-state index in [1.807, 2.05) is 6.07 Å². The summed E-state index contributed by atoms with van der Waals surface area (Å²) in [5, 5.41) is 15.6. The molecule has 0 unspecified atom stereocenters. The number of carbonyl (C=O) groups is 1. The maximum Gasteiger partial charge on any atom is 0.262 e. The number of carbonyl (C=O) groups excluding carboxylic acids is 1. The molecule has 0 aliphatic carbocycles. The smallest absolute Gasteiger partial charge is 0.262 e. The number of halogens is 1. The van der Waals surface area contributed by atoms with Gasteiger partial charge in [0.05, 0.1) is 12.8 Å². The van der Waals surface area contributed by atoms with E-state index in [-0.39, 0.29) is 12.4 Å². The van der Waals surface area contributed by atoms with Crippen LogP contribution in [0.3, 0.4) is 0 Å². The van der Waals surface area contributed by atoms with Gasteiger partial charge in [0, 0.05) is 5.56 Å². The molecule has 2 aromatic carbocycles. The second-order valence-electron chi connectivity index (χ2n) is 5.65. The highest BCUT2D eigenvalue weighted by Crippen LogP contribution is 2.32. The van der Waals surface area contributed by atoms with Crippen LogP contribution in [-0.4, -0.2) is 39.4 Å². The number of rotatable bonds is 6. The van der Waals surface area contributed by atoms with Crippen LogP contribution in [0.5, 0.6) is 11.5 Å². The molecule has 1 amide bonds. The zero-order chi connectivity index (χ0) is 19.5. The minimum absolute atomic E-state index is 0.0121. The molecule has 8 nitrogen and oxygen atoms in total. The molecule has 2 aromatic heterocycles. The lowest BCUT2D eigenvalue weighted by molar-refractivity contribution is -0.118. The number of para-hydroxylation sites is 1. The summed E-state index contributed by atoms with van der Waals surface area (Å²) < 4.78 is 25.7. The number of nitrogens with one attached hydrogen (secondary N) is 1.